The van der Waals surface area contributed by atoms with Gasteiger partial charge in [-0.05, 0) is 63.3 Å². The normalized spacial score (nSPS) is 16.8. The number of unbranched alkanes of at least 4 members (excludes halogenated alkanes) is 6. The van der Waals surface area contributed by atoms with Crippen LogP contribution in [0.1, 0.15) is 115 Å². The van der Waals surface area contributed by atoms with Crippen LogP contribution in [0.4, 0.5) is 26.4 Å². The smallest absolute Gasteiger partial charge is 0.262 e. The third-order valence-corrected chi connectivity index (χ3v) is 11.7. The van der Waals surface area contributed by atoms with Gasteiger partial charge in [0.25, 0.3) is 11.8 Å². The van der Waals surface area contributed by atoms with E-state index in [1.807, 2.05) is 22.6 Å². The zero-order valence-corrected chi connectivity index (χ0v) is 34.9. The number of hydrogen-bond donors (Lipinski definition) is 4. The van der Waals surface area contributed by atoms with Gasteiger partial charge < -0.3 is 20.3 Å². The van der Waals surface area contributed by atoms with Crippen LogP contribution in [-0.4, -0.2) is 95.0 Å². The van der Waals surface area contributed by atoms with E-state index in [-0.39, 0.29) is 54.0 Å². The lowest BCUT2D eigenvalue weighted by Gasteiger charge is -2.32. The van der Waals surface area contributed by atoms with Gasteiger partial charge in [-0.1, -0.05) is 38.2 Å². The molecule has 3 aromatic heterocycles. The summed E-state index contributed by atoms with van der Waals surface area (Å²) in [5.74, 6) is -1.60. The topological polar surface area (TPSA) is 209 Å². The molecule has 5 amide bonds. The number of ether oxygens (including phenoxy) is 1. The minimum atomic E-state index is -1.01. The molecule has 0 bridgehead atoms. The van der Waals surface area contributed by atoms with Crippen molar-refractivity contribution in [3.63, 3.8) is 0 Å². The number of nitrogens with zero attached hydrogens (tertiary/aromatic N) is 7. The summed E-state index contributed by atoms with van der Waals surface area (Å²) in [5.41, 5.74) is 2.12. The molecule has 2 saturated heterocycles. The number of likely N-dealkylation sites (tertiary alicyclic amines) is 1. The zero-order valence-electron chi connectivity index (χ0n) is 34.9. The number of amides is 5. The van der Waals surface area contributed by atoms with E-state index < -0.39 is 41.3 Å². The van der Waals surface area contributed by atoms with Crippen molar-refractivity contribution in [2.75, 3.05) is 30.3 Å². The fourth-order valence-corrected chi connectivity index (χ4v) is 8.32. The molecule has 8 rings (SSSR count). The Morgan fingerprint density at radius 3 is 2.40 bits per heavy atom. The maximum Gasteiger partial charge on any atom is 0.262 e. The Kier molecular flexibility index (Phi) is 13.0. The molecule has 6 heterocycles. The Balaban J connectivity index is 0.743. The molecule has 0 saturated carbocycles. The standard InChI is InChI=1S/C44H49F2N11O6/c1-26-21-36(54-53-26)49-39-33-25-48-57(40(33)52-44(51-39)47-24-27-10-11-28(45)22-34(27)46)29-16-18-55(19-17-29)38(59)9-7-5-3-2-4-6-8-20-63-30-12-13-31-32(23-30)43(62)56(42(31)61)35-14-15-37(58)50-41(35)60/h10-13,21-23,25,29,35H,2-9,14-20,24H2,1H3,(H,50,58,60)(H3,47,49,51,52,53,54). The van der Waals surface area contributed by atoms with E-state index in [0.29, 0.717) is 67.4 Å². The van der Waals surface area contributed by atoms with Gasteiger partial charge >= 0.3 is 0 Å². The molecule has 1 unspecified atom stereocenters. The number of carbonyl (C=O) groups is 5. The number of aryl methyl sites for hydroxylation is 1. The number of fused-ring (bicyclic) bond motifs is 2. The molecule has 4 N–H and O–H groups in total. The quantitative estimate of drug-likeness (QED) is 0.0569. The van der Waals surface area contributed by atoms with E-state index in [0.717, 1.165) is 61.6 Å². The van der Waals surface area contributed by atoms with Gasteiger partial charge in [0.2, 0.25) is 23.7 Å². The summed E-state index contributed by atoms with van der Waals surface area (Å²) in [4.78, 5) is 75.3. The lowest BCUT2D eigenvalue weighted by molar-refractivity contribution is -0.136. The fraction of sp³-hybridized carbons (Fsp3) is 0.432. The Morgan fingerprint density at radius 1 is 0.889 bits per heavy atom. The third kappa shape index (κ3) is 9.81. The predicted molar refractivity (Wildman–Crippen MR) is 226 cm³/mol. The molecule has 0 aliphatic carbocycles. The Hall–Kier alpha value is -6.79. The largest absolute Gasteiger partial charge is 0.494 e. The van der Waals surface area contributed by atoms with E-state index in [4.69, 9.17) is 14.8 Å². The van der Waals surface area contributed by atoms with Crippen LogP contribution >= 0.6 is 0 Å². The molecule has 330 valence electrons. The molecule has 3 aliphatic heterocycles. The van der Waals surface area contributed by atoms with Gasteiger partial charge in [-0.2, -0.15) is 20.2 Å². The lowest BCUT2D eigenvalue weighted by Crippen LogP contribution is -2.54. The van der Waals surface area contributed by atoms with Crippen molar-refractivity contribution in [1.29, 1.82) is 0 Å². The molecule has 0 spiro atoms. The second kappa shape index (κ2) is 19.1. The van der Waals surface area contributed by atoms with Gasteiger partial charge in [0, 0.05) is 55.9 Å². The molecule has 3 aliphatic rings. The highest BCUT2D eigenvalue weighted by Crippen LogP contribution is 2.32. The molecule has 5 aromatic rings. The highest BCUT2D eigenvalue weighted by Gasteiger charge is 2.44. The molecule has 0 radical (unpaired) electrons. The first-order valence-corrected chi connectivity index (χ1v) is 21.5. The third-order valence-electron chi connectivity index (χ3n) is 11.7. The number of aromatic nitrogens is 6. The number of carbonyl (C=O) groups excluding carboxylic acids is 5. The minimum Gasteiger partial charge on any atom is -0.494 e. The molecule has 2 aromatic carbocycles. The van der Waals surface area contributed by atoms with Crippen LogP contribution in [0.15, 0.2) is 48.7 Å². The number of H-pyrrole nitrogens is 1. The van der Waals surface area contributed by atoms with Gasteiger partial charge in [0.1, 0.15) is 29.2 Å². The summed E-state index contributed by atoms with van der Waals surface area (Å²) in [7, 11) is 0. The number of benzene rings is 2. The van der Waals surface area contributed by atoms with Crippen LogP contribution in [0.5, 0.6) is 5.75 Å². The van der Waals surface area contributed by atoms with Gasteiger partial charge in [-0.25, -0.2) is 13.5 Å². The summed E-state index contributed by atoms with van der Waals surface area (Å²) >= 11 is 0. The Bertz CT molecular complexity index is 2530. The first-order chi connectivity index (χ1) is 30.5. The molecule has 19 heteroatoms. The Morgan fingerprint density at radius 2 is 1.65 bits per heavy atom. The summed E-state index contributed by atoms with van der Waals surface area (Å²) in [5, 5.41) is 21.0. The number of anilines is 3. The highest BCUT2D eigenvalue weighted by atomic mass is 19.1. The predicted octanol–water partition coefficient (Wildman–Crippen LogP) is 6.26. The van der Waals surface area contributed by atoms with Crippen molar-refractivity contribution < 1.29 is 37.5 Å². The SMILES string of the molecule is Cc1cc(Nc2nc(NCc3ccc(F)cc3F)nc3c2cnn3C2CCN(C(=O)CCCCCCCCCOc3ccc4c(c3)C(=O)N(C3CCC(=O)NC3=O)C4=O)CC2)n[nH]1. The van der Waals surface area contributed by atoms with Gasteiger partial charge in [-0.3, -0.25) is 39.3 Å². The molecule has 17 nitrogen and oxygen atoms in total. The summed E-state index contributed by atoms with van der Waals surface area (Å²) in [6.07, 6.45) is 10.5. The fourth-order valence-electron chi connectivity index (χ4n) is 8.32. The zero-order chi connectivity index (χ0) is 44.0. The van der Waals surface area contributed by atoms with E-state index in [2.05, 4.69) is 31.1 Å². The molecule has 63 heavy (non-hydrogen) atoms. The van der Waals surface area contributed by atoms with Crippen molar-refractivity contribution in [2.45, 2.75) is 103 Å². The van der Waals surface area contributed by atoms with Crippen molar-refractivity contribution in [3.05, 3.63) is 82.7 Å². The number of nitrogens with one attached hydrogen (secondary N) is 4. The van der Waals surface area contributed by atoms with Crippen LogP contribution in [0, 0.1) is 18.6 Å². The number of halogens is 2. The monoisotopic (exact) mass is 865 g/mol. The highest BCUT2D eigenvalue weighted by molar-refractivity contribution is 6.23. The average Bonchev–Trinajstić information content (AvgIpc) is 3.96. The maximum absolute atomic E-state index is 14.4. The number of aromatic amines is 1. The van der Waals surface area contributed by atoms with Crippen molar-refractivity contribution in [3.8, 4) is 5.75 Å². The second-order valence-electron chi connectivity index (χ2n) is 16.2. The van der Waals surface area contributed by atoms with Crippen molar-refractivity contribution in [2.24, 2.45) is 0 Å². The first kappa shape index (κ1) is 42.9. The van der Waals surface area contributed by atoms with Crippen LogP contribution in [-0.2, 0) is 20.9 Å². The molecular formula is C44H49F2N11O6. The van der Waals surface area contributed by atoms with Crippen LogP contribution in [0.3, 0.4) is 0 Å². The van der Waals surface area contributed by atoms with Gasteiger partial charge in [0.15, 0.2) is 11.5 Å². The number of piperidine rings is 2. The summed E-state index contributed by atoms with van der Waals surface area (Å²) in [6.45, 7) is 3.58. The molecule has 1 atom stereocenters. The van der Waals surface area contributed by atoms with Crippen molar-refractivity contribution >= 4 is 58.2 Å². The lowest BCUT2D eigenvalue weighted by atomic mass is 10.0. The van der Waals surface area contributed by atoms with Crippen LogP contribution in [0.25, 0.3) is 11.0 Å². The summed E-state index contributed by atoms with van der Waals surface area (Å²) in [6, 6.07) is 8.98. The maximum atomic E-state index is 14.4. The minimum absolute atomic E-state index is 0.00387. The van der Waals surface area contributed by atoms with Crippen LogP contribution in [0.2, 0.25) is 0 Å². The number of imide groups is 2. The molecule has 2 fully saturated rings. The summed E-state index contributed by atoms with van der Waals surface area (Å²) < 4.78 is 35.6. The van der Waals surface area contributed by atoms with E-state index in [1.54, 1.807) is 24.4 Å². The molecular weight excluding hydrogens is 817 g/mol. The average molecular weight is 866 g/mol. The number of hydrogen-bond acceptors (Lipinski definition) is 12. The van der Waals surface area contributed by atoms with Gasteiger partial charge in [-0.15, -0.1) is 0 Å². The van der Waals surface area contributed by atoms with Gasteiger partial charge in [0.05, 0.1) is 35.4 Å². The number of rotatable bonds is 18. The second-order valence-corrected chi connectivity index (χ2v) is 16.2. The first-order valence-electron chi connectivity index (χ1n) is 21.5. The van der Waals surface area contributed by atoms with E-state index in [9.17, 15) is 32.8 Å². The van der Waals surface area contributed by atoms with Crippen LogP contribution < -0.4 is 20.7 Å². The van der Waals surface area contributed by atoms with E-state index in [1.165, 1.54) is 12.1 Å². The Labute approximate surface area is 361 Å². The van der Waals surface area contributed by atoms with E-state index >= 15 is 0 Å². The van der Waals surface area contributed by atoms with Crippen molar-refractivity contribution in [1.82, 2.24) is 45.1 Å².